The molecule has 9 rings (SSSR count). The molecule has 5 heterocycles. The molecular formula is C34H20N4O. The molecule has 0 spiro atoms. The van der Waals surface area contributed by atoms with E-state index in [1.165, 1.54) is 21.5 Å². The summed E-state index contributed by atoms with van der Waals surface area (Å²) in [5.41, 5.74) is 8.24. The van der Waals surface area contributed by atoms with Crippen molar-refractivity contribution >= 4 is 65.6 Å². The molecule has 0 saturated heterocycles. The van der Waals surface area contributed by atoms with Crippen LogP contribution in [0.15, 0.2) is 126 Å². The van der Waals surface area contributed by atoms with E-state index in [1.54, 1.807) is 0 Å². The van der Waals surface area contributed by atoms with Gasteiger partial charge in [-0.1, -0.05) is 48.5 Å². The van der Waals surface area contributed by atoms with Crippen LogP contribution in [0.2, 0.25) is 0 Å². The highest BCUT2D eigenvalue weighted by molar-refractivity contribution is 6.13. The molecule has 0 atom stereocenters. The Kier molecular flexibility index (Phi) is 3.99. The number of aromatic nitrogens is 4. The van der Waals surface area contributed by atoms with Crippen LogP contribution in [0.3, 0.4) is 0 Å². The summed E-state index contributed by atoms with van der Waals surface area (Å²) in [6.45, 7) is 0. The summed E-state index contributed by atoms with van der Waals surface area (Å²) < 4.78 is 11.1. The third kappa shape index (κ3) is 2.73. The van der Waals surface area contributed by atoms with Gasteiger partial charge in [-0.3, -0.25) is 9.97 Å². The Hall–Kier alpha value is -5.42. The molecule has 5 aromatic heterocycles. The standard InChI is InChI=1S/C34H20N4O/c1-3-9-28-22(6-1)24-14-16-35-19-31(24)37(28)21-12-13-33-27(18-21)26-8-5-11-30(34(26)39-33)38-29-10-4-2-7-23(29)25-15-17-36-20-32(25)38/h1-20H. The van der Waals surface area contributed by atoms with Crippen molar-refractivity contribution in [1.29, 1.82) is 0 Å². The first-order chi connectivity index (χ1) is 19.4. The van der Waals surface area contributed by atoms with Gasteiger partial charge in [0.2, 0.25) is 0 Å². The lowest BCUT2D eigenvalue weighted by atomic mass is 10.1. The van der Waals surface area contributed by atoms with Crippen LogP contribution in [0, 0.1) is 0 Å². The minimum Gasteiger partial charge on any atom is -0.454 e. The molecular weight excluding hydrogens is 480 g/mol. The molecule has 5 nitrogen and oxygen atoms in total. The highest BCUT2D eigenvalue weighted by Gasteiger charge is 2.19. The summed E-state index contributed by atoms with van der Waals surface area (Å²) in [7, 11) is 0. The van der Waals surface area contributed by atoms with E-state index in [9.17, 15) is 0 Å². The summed E-state index contributed by atoms with van der Waals surface area (Å²) in [6.07, 6.45) is 7.59. The summed E-state index contributed by atoms with van der Waals surface area (Å²) >= 11 is 0. The van der Waals surface area contributed by atoms with E-state index in [-0.39, 0.29) is 0 Å². The molecule has 9 aromatic rings. The van der Waals surface area contributed by atoms with Crippen molar-refractivity contribution < 1.29 is 4.42 Å². The second-order valence-corrected chi connectivity index (χ2v) is 9.93. The topological polar surface area (TPSA) is 48.8 Å². The minimum absolute atomic E-state index is 0.860. The van der Waals surface area contributed by atoms with E-state index >= 15 is 0 Å². The molecule has 0 radical (unpaired) electrons. The fraction of sp³-hybridized carbons (Fsp3) is 0. The maximum Gasteiger partial charge on any atom is 0.159 e. The number of furan rings is 1. The number of nitrogens with zero attached hydrogens (tertiary/aromatic N) is 4. The van der Waals surface area contributed by atoms with Gasteiger partial charge in [-0.15, -0.1) is 0 Å². The second kappa shape index (κ2) is 7.55. The van der Waals surface area contributed by atoms with E-state index in [2.05, 4.69) is 116 Å². The molecule has 4 aromatic carbocycles. The van der Waals surface area contributed by atoms with E-state index < -0.39 is 0 Å². The van der Waals surface area contributed by atoms with Crippen LogP contribution < -0.4 is 0 Å². The number of fused-ring (bicyclic) bond motifs is 9. The smallest absolute Gasteiger partial charge is 0.159 e. The molecule has 0 unspecified atom stereocenters. The van der Waals surface area contributed by atoms with Crippen LogP contribution in [0.4, 0.5) is 0 Å². The average Bonchev–Trinajstić information content (AvgIpc) is 3.65. The van der Waals surface area contributed by atoms with E-state index in [0.717, 1.165) is 55.4 Å². The molecule has 5 heteroatoms. The number of hydrogen-bond donors (Lipinski definition) is 0. The zero-order valence-electron chi connectivity index (χ0n) is 20.7. The summed E-state index contributed by atoms with van der Waals surface area (Å²) in [6, 6.07) is 34.0. The first kappa shape index (κ1) is 20.6. The molecule has 0 fully saturated rings. The van der Waals surface area contributed by atoms with Crippen LogP contribution in [0.25, 0.3) is 76.9 Å². The van der Waals surface area contributed by atoms with Crippen LogP contribution >= 0.6 is 0 Å². The SMILES string of the molecule is c1cc(-n2c3ccccc3c3ccncc32)c2oc3ccc(-n4c5ccccc5c5ccncc54)cc3c2c1. The Bertz CT molecular complexity index is 2300. The number of rotatable bonds is 2. The first-order valence-electron chi connectivity index (χ1n) is 13.0. The summed E-state index contributed by atoms with van der Waals surface area (Å²) in [5, 5.41) is 6.95. The molecule has 0 bridgehead atoms. The maximum absolute atomic E-state index is 6.59. The van der Waals surface area contributed by atoms with Crippen LogP contribution in [0.5, 0.6) is 0 Å². The Morgan fingerprint density at radius 3 is 1.85 bits per heavy atom. The molecule has 182 valence electrons. The lowest BCUT2D eigenvalue weighted by Crippen LogP contribution is -1.94. The average molecular weight is 501 g/mol. The summed E-state index contributed by atoms with van der Waals surface area (Å²) in [5.74, 6) is 0. The fourth-order valence-corrected chi connectivity index (χ4v) is 6.26. The van der Waals surface area contributed by atoms with Gasteiger partial charge in [0, 0.05) is 50.4 Å². The predicted molar refractivity (Wildman–Crippen MR) is 158 cm³/mol. The highest BCUT2D eigenvalue weighted by atomic mass is 16.3. The van der Waals surface area contributed by atoms with Gasteiger partial charge in [-0.05, 0) is 48.5 Å². The van der Waals surface area contributed by atoms with Gasteiger partial charge in [-0.2, -0.15) is 0 Å². The lowest BCUT2D eigenvalue weighted by Gasteiger charge is -2.08. The Labute approximate surface area is 222 Å². The van der Waals surface area contributed by atoms with E-state index in [1.807, 2.05) is 24.8 Å². The van der Waals surface area contributed by atoms with E-state index in [0.29, 0.717) is 0 Å². The van der Waals surface area contributed by atoms with Crippen molar-refractivity contribution in [3.05, 3.63) is 122 Å². The highest BCUT2D eigenvalue weighted by Crippen LogP contribution is 2.39. The van der Waals surface area contributed by atoms with Gasteiger partial charge in [0.15, 0.2) is 5.58 Å². The zero-order chi connectivity index (χ0) is 25.5. The normalized spacial score (nSPS) is 12.1. The van der Waals surface area contributed by atoms with Gasteiger partial charge in [-0.25, -0.2) is 0 Å². The molecule has 0 aliphatic heterocycles. The van der Waals surface area contributed by atoms with Gasteiger partial charge in [0.1, 0.15) is 5.58 Å². The molecule has 0 aliphatic rings. The molecule has 0 aliphatic carbocycles. The fourth-order valence-electron chi connectivity index (χ4n) is 6.26. The lowest BCUT2D eigenvalue weighted by molar-refractivity contribution is 0.666. The predicted octanol–water partition coefficient (Wildman–Crippen LogP) is 8.57. The number of hydrogen-bond acceptors (Lipinski definition) is 3. The van der Waals surface area contributed by atoms with Crippen LogP contribution in [0.1, 0.15) is 0 Å². The Morgan fingerprint density at radius 2 is 1.10 bits per heavy atom. The third-order valence-corrected chi connectivity index (χ3v) is 7.91. The number of pyridine rings is 2. The van der Waals surface area contributed by atoms with Crippen molar-refractivity contribution in [2.75, 3.05) is 0 Å². The van der Waals surface area contributed by atoms with Gasteiger partial charge in [0.05, 0.1) is 40.1 Å². The van der Waals surface area contributed by atoms with Crippen LogP contribution in [-0.4, -0.2) is 19.1 Å². The van der Waals surface area contributed by atoms with Crippen molar-refractivity contribution in [2.45, 2.75) is 0 Å². The minimum atomic E-state index is 0.860. The number of para-hydroxylation sites is 3. The van der Waals surface area contributed by atoms with E-state index in [4.69, 9.17) is 4.42 Å². The van der Waals surface area contributed by atoms with Crippen molar-refractivity contribution in [2.24, 2.45) is 0 Å². The second-order valence-electron chi connectivity index (χ2n) is 9.93. The summed E-state index contributed by atoms with van der Waals surface area (Å²) in [4.78, 5) is 8.89. The van der Waals surface area contributed by atoms with Gasteiger partial charge < -0.3 is 13.6 Å². The first-order valence-corrected chi connectivity index (χ1v) is 13.0. The molecule has 39 heavy (non-hydrogen) atoms. The van der Waals surface area contributed by atoms with Crippen LogP contribution in [-0.2, 0) is 0 Å². The monoisotopic (exact) mass is 500 g/mol. The molecule has 0 amide bonds. The van der Waals surface area contributed by atoms with Crippen molar-refractivity contribution in [3.8, 4) is 11.4 Å². The van der Waals surface area contributed by atoms with Gasteiger partial charge >= 0.3 is 0 Å². The largest absolute Gasteiger partial charge is 0.454 e. The third-order valence-electron chi connectivity index (χ3n) is 7.91. The van der Waals surface area contributed by atoms with Gasteiger partial charge in [0.25, 0.3) is 0 Å². The number of benzene rings is 4. The molecule has 0 saturated carbocycles. The zero-order valence-corrected chi connectivity index (χ0v) is 20.7. The van der Waals surface area contributed by atoms with Crippen molar-refractivity contribution in [3.63, 3.8) is 0 Å². The Balaban J connectivity index is 1.34. The quantitative estimate of drug-likeness (QED) is 0.239. The van der Waals surface area contributed by atoms with Crippen molar-refractivity contribution in [1.82, 2.24) is 19.1 Å². The molecule has 0 N–H and O–H groups in total. The maximum atomic E-state index is 6.59. The Morgan fingerprint density at radius 1 is 0.487 bits per heavy atom.